The Bertz CT molecular complexity index is 301. The summed E-state index contributed by atoms with van der Waals surface area (Å²) < 4.78 is 0. The average Bonchev–Trinajstić information content (AvgIpc) is 2.30. The minimum absolute atomic E-state index is 0.00916. The fourth-order valence-electron chi connectivity index (χ4n) is 2.71. The van der Waals surface area contributed by atoms with Crippen LogP contribution in [0.15, 0.2) is 5.10 Å². The molecule has 2 atom stereocenters. The van der Waals surface area contributed by atoms with E-state index in [9.17, 15) is 4.79 Å². The van der Waals surface area contributed by atoms with E-state index in [4.69, 9.17) is 5.11 Å². The van der Waals surface area contributed by atoms with Gasteiger partial charge in [0.25, 0.3) is 0 Å². The third kappa shape index (κ3) is 2.26. The third-order valence-corrected chi connectivity index (χ3v) is 3.75. The molecule has 1 aliphatic carbocycles. The van der Waals surface area contributed by atoms with Crippen molar-refractivity contribution in [2.24, 2.45) is 16.9 Å². The van der Waals surface area contributed by atoms with Gasteiger partial charge in [-0.15, -0.1) is 0 Å². The van der Waals surface area contributed by atoms with Crippen LogP contribution < -0.4 is 0 Å². The SMILES string of the molecule is CCC1CCC2=NN(CCO)C(=O)CC2C1. The van der Waals surface area contributed by atoms with Crippen LogP contribution in [0.2, 0.25) is 0 Å². The summed E-state index contributed by atoms with van der Waals surface area (Å²) in [6.45, 7) is 2.55. The molecule has 0 aromatic carbocycles. The van der Waals surface area contributed by atoms with Gasteiger partial charge in [0.2, 0.25) is 5.91 Å². The van der Waals surface area contributed by atoms with Gasteiger partial charge in [-0.1, -0.05) is 13.3 Å². The van der Waals surface area contributed by atoms with Gasteiger partial charge in [-0.25, -0.2) is 5.01 Å². The molecule has 4 nitrogen and oxygen atoms in total. The average molecular weight is 224 g/mol. The van der Waals surface area contributed by atoms with E-state index in [1.807, 2.05) is 0 Å². The van der Waals surface area contributed by atoms with Crippen LogP contribution in [0.3, 0.4) is 0 Å². The second-order valence-electron chi connectivity index (χ2n) is 4.78. The van der Waals surface area contributed by atoms with Gasteiger partial charge < -0.3 is 5.11 Å². The van der Waals surface area contributed by atoms with Crippen LogP contribution in [0.25, 0.3) is 0 Å². The first-order valence-corrected chi connectivity index (χ1v) is 6.23. The maximum absolute atomic E-state index is 11.7. The van der Waals surface area contributed by atoms with Crippen LogP contribution in [-0.4, -0.2) is 34.9 Å². The lowest BCUT2D eigenvalue weighted by Crippen LogP contribution is -2.40. The van der Waals surface area contributed by atoms with Crippen molar-refractivity contribution in [3.05, 3.63) is 0 Å². The quantitative estimate of drug-likeness (QED) is 0.787. The number of hydrazone groups is 1. The fraction of sp³-hybridized carbons (Fsp3) is 0.833. The van der Waals surface area contributed by atoms with Gasteiger partial charge in [0.1, 0.15) is 0 Å². The molecule has 1 N–H and O–H groups in total. The Morgan fingerprint density at radius 3 is 3.06 bits per heavy atom. The summed E-state index contributed by atoms with van der Waals surface area (Å²) in [7, 11) is 0. The van der Waals surface area contributed by atoms with E-state index >= 15 is 0 Å². The van der Waals surface area contributed by atoms with E-state index in [0.717, 1.165) is 18.8 Å². The summed E-state index contributed by atoms with van der Waals surface area (Å²) in [6.07, 6.45) is 5.15. The second kappa shape index (κ2) is 4.95. The number of fused-ring (bicyclic) bond motifs is 1. The summed E-state index contributed by atoms with van der Waals surface area (Å²) >= 11 is 0. The molecule has 16 heavy (non-hydrogen) atoms. The van der Waals surface area contributed by atoms with Crippen LogP contribution >= 0.6 is 0 Å². The number of aliphatic hydroxyl groups is 1. The van der Waals surface area contributed by atoms with Gasteiger partial charge >= 0.3 is 0 Å². The van der Waals surface area contributed by atoms with Crippen molar-refractivity contribution in [1.82, 2.24) is 5.01 Å². The van der Waals surface area contributed by atoms with Crippen LogP contribution in [0.4, 0.5) is 0 Å². The standard InChI is InChI=1S/C12H20N2O2/c1-2-9-3-4-11-10(7-9)8-12(16)14(13-11)5-6-15/h9-10,15H,2-8H2,1H3. The normalized spacial score (nSPS) is 30.0. The highest BCUT2D eigenvalue weighted by Crippen LogP contribution is 2.33. The minimum Gasteiger partial charge on any atom is -0.394 e. The van der Waals surface area contributed by atoms with E-state index in [1.54, 1.807) is 0 Å². The highest BCUT2D eigenvalue weighted by molar-refractivity contribution is 5.95. The maximum Gasteiger partial charge on any atom is 0.243 e. The molecule has 2 unspecified atom stereocenters. The molecule has 0 saturated heterocycles. The number of aliphatic hydroxyl groups excluding tert-OH is 1. The van der Waals surface area contributed by atoms with E-state index in [2.05, 4.69) is 12.0 Å². The van der Waals surface area contributed by atoms with Crippen molar-refractivity contribution < 1.29 is 9.90 Å². The second-order valence-corrected chi connectivity index (χ2v) is 4.78. The molecule has 1 heterocycles. The Hall–Kier alpha value is -0.900. The minimum atomic E-state index is -0.00916. The topological polar surface area (TPSA) is 52.9 Å². The predicted octanol–water partition coefficient (Wildman–Crippen LogP) is 1.39. The van der Waals surface area contributed by atoms with Crippen molar-refractivity contribution in [2.45, 2.75) is 39.0 Å². The zero-order valence-corrected chi connectivity index (χ0v) is 9.85. The lowest BCUT2D eigenvalue weighted by atomic mass is 9.77. The van der Waals surface area contributed by atoms with Gasteiger partial charge in [-0.05, 0) is 25.2 Å². The molecule has 0 aromatic rings. The van der Waals surface area contributed by atoms with Gasteiger partial charge in [0, 0.05) is 18.1 Å². The molecule has 1 fully saturated rings. The maximum atomic E-state index is 11.7. The predicted molar refractivity (Wildman–Crippen MR) is 62.0 cm³/mol. The van der Waals surface area contributed by atoms with Crippen molar-refractivity contribution >= 4 is 11.6 Å². The van der Waals surface area contributed by atoms with Gasteiger partial charge in [0.15, 0.2) is 0 Å². The summed E-state index contributed by atoms with van der Waals surface area (Å²) in [4.78, 5) is 11.7. The van der Waals surface area contributed by atoms with E-state index in [1.165, 1.54) is 23.6 Å². The van der Waals surface area contributed by atoms with Crippen molar-refractivity contribution in [2.75, 3.05) is 13.2 Å². The number of β-amino-alcohol motifs (C(OH)–C–C–N with tert-alkyl or cyclic N) is 1. The number of hydrogen-bond donors (Lipinski definition) is 1. The molecule has 0 bridgehead atoms. The van der Waals surface area contributed by atoms with Gasteiger partial charge in [0.05, 0.1) is 13.2 Å². The van der Waals surface area contributed by atoms with E-state index in [-0.39, 0.29) is 12.5 Å². The van der Waals surface area contributed by atoms with Crippen LogP contribution in [0.1, 0.15) is 39.0 Å². The van der Waals surface area contributed by atoms with Crippen LogP contribution in [0, 0.1) is 11.8 Å². The molecule has 90 valence electrons. The zero-order chi connectivity index (χ0) is 11.5. The number of carbonyl (C=O) groups is 1. The molecule has 0 spiro atoms. The van der Waals surface area contributed by atoms with E-state index < -0.39 is 0 Å². The smallest absolute Gasteiger partial charge is 0.243 e. The molecule has 2 aliphatic rings. The lowest BCUT2D eigenvalue weighted by molar-refractivity contribution is -0.133. The Morgan fingerprint density at radius 2 is 2.38 bits per heavy atom. The highest BCUT2D eigenvalue weighted by Gasteiger charge is 2.33. The molecule has 2 rings (SSSR count). The van der Waals surface area contributed by atoms with Gasteiger partial charge in [-0.3, -0.25) is 4.79 Å². The highest BCUT2D eigenvalue weighted by atomic mass is 16.3. The molecule has 1 saturated carbocycles. The first kappa shape index (κ1) is 11.6. The van der Waals surface area contributed by atoms with Crippen LogP contribution in [-0.2, 0) is 4.79 Å². The van der Waals surface area contributed by atoms with Crippen molar-refractivity contribution in [3.63, 3.8) is 0 Å². The first-order valence-electron chi connectivity index (χ1n) is 6.23. The summed E-state index contributed by atoms with van der Waals surface area (Å²) in [5.41, 5.74) is 1.18. The number of hydrogen-bond acceptors (Lipinski definition) is 3. The van der Waals surface area contributed by atoms with E-state index in [0.29, 0.717) is 18.9 Å². The first-order chi connectivity index (χ1) is 7.74. The number of amides is 1. The third-order valence-electron chi connectivity index (χ3n) is 3.75. The van der Waals surface area contributed by atoms with Crippen LogP contribution in [0.5, 0.6) is 0 Å². The summed E-state index contributed by atoms with van der Waals surface area (Å²) in [5, 5.41) is 14.7. The summed E-state index contributed by atoms with van der Waals surface area (Å²) in [5.74, 6) is 1.21. The molecule has 1 amide bonds. The Kier molecular flexibility index (Phi) is 3.59. The Labute approximate surface area is 96.3 Å². The van der Waals surface area contributed by atoms with Gasteiger partial charge in [-0.2, -0.15) is 5.10 Å². The number of nitrogens with zero attached hydrogens (tertiary/aromatic N) is 2. The number of rotatable bonds is 3. The molecule has 0 aromatic heterocycles. The zero-order valence-electron chi connectivity index (χ0n) is 9.85. The molecule has 0 radical (unpaired) electrons. The number of carbonyl (C=O) groups excluding carboxylic acids is 1. The monoisotopic (exact) mass is 224 g/mol. The fourth-order valence-corrected chi connectivity index (χ4v) is 2.71. The molecular formula is C12H20N2O2. The molecule has 1 aliphatic heterocycles. The Balaban J connectivity index is 2.07. The van der Waals surface area contributed by atoms with Crippen molar-refractivity contribution in [3.8, 4) is 0 Å². The summed E-state index contributed by atoms with van der Waals surface area (Å²) in [6, 6.07) is 0. The van der Waals surface area contributed by atoms with Crippen molar-refractivity contribution in [1.29, 1.82) is 0 Å². The lowest BCUT2D eigenvalue weighted by Gasteiger charge is -2.35. The largest absolute Gasteiger partial charge is 0.394 e. The molecule has 4 heteroatoms. The Morgan fingerprint density at radius 1 is 1.56 bits per heavy atom. The molecular weight excluding hydrogens is 204 g/mol.